The van der Waals surface area contributed by atoms with Crippen LogP contribution >= 0.6 is 0 Å². The Hall–Kier alpha value is -3.20. The molecule has 1 atom stereocenters. The molecule has 31 heavy (non-hydrogen) atoms. The summed E-state index contributed by atoms with van der Waals surface area (Å²) < 4.78 is 11.2. The van der Waals surface area contributed by atoms with Crippen molar-refractivity contribution in [3.8, 4) is 0 Å². The first-order valence-electron chi connectivity index (χ1n) is 10.5. The molecule has 164 valence electrons. The lowest BCUT2D eigenvalue weighted by molar-refractivity contribution is -0.384. The molecular weight excluding hydrogens is 402 g/mol. The molecule has 1 aliphatic carbocycles. The zero-order chi connectivity index (χ0) is 21.8. The van der Waals surface area contributed by atoms with E-state index < -0.39 is 4.92 Å². The molecule has 1 saturated carbocycles. The zero-order valence-corrected chi connectivity index (χ0v) is 17.1. The third-order valence-electron chi connectivity index (χ3n) is 5.91. The molecule has 0 bridgehead atoms. The van der Waals surface area contributed by atoms with E-state index in [0.29, 0.717) is 37.6 Å². The van der Waals surface area contributed by atoms with Crippen molar-refractivity contribution in [2.24, 2.45) is 0 Å². The van der Waals surface area contributed by atoms with E-state index in [4.69, 9.17) is 9.15 Å². The summed E-state index contributed by atoms with van der Waals surface area (Å²) in [6.07, 6.45) is 5.25. The number of furan rings is 1. The van der Waals surface area contributed by atoms with E-state index in [0.717, 1.165) is 25.7 Å². The summed E-state index contributed by atoms with van der Waals surface area (Å²) in [7, 11) is 0. The monoisotopic (exact) mass is 427 g/mol. The Morgan fingerprint density at radius 3 is 2.55 bits per heavy atom. The normalized spacial score (nSPS) is 19.4. The average molecular weight is 427 g/mol. The molecule has 4 rings (SSSR count). The van der Waals surface area contributed by atoms with E-state index in [-0.39, 0.29) is 29.6 Å². The van der Waals surface area contributed by atoms with Gasteiger partial charge in [0, 0.05) is 43.4 Å². The Morgan fingerprint density at radius 2 is 1.90 bits per heavy atom. The number of morpholine rings is 1. The quantitative estimate of drug-likeness (QED) is 0.518. The number of hydrogen-bond acceptors (Lipinski definition) is 6. The van der Waals surface area contributed by atoms with Gasteiger partial charge in [0.05, 0.1) is 23.9 Å². The molecule has 2 fully saturated rings. The first-order valence-corrected chi connectivity index (χ1v) is 10.5. The lowest BCUT2D eigenvalue weighted by atomic mass is 10.1. The van der Waals surface area contributed by atoms with Crippen molar-refractivity contribution in [3.05, 3.63) is 64.1 Å². The van der Waals surface area contributed by atoms with E-state index in [2.05, 4.69) is 0 Å². The van der Waals surface area contributed by atoms with E-state index >= 15 is 0 Å². The third-order valence-corrected chi connectivity index (χ3v) is 5.91. The first kappa shape index (κ1) is 21.0. The second-order valence-corrected chi connectivity index (χ2v) is 7.92. The van der Waals surface area contributed by atoms with Crippen LogP contribution in [-0.2, 0) is 4.74 Å². The highest BCUT2D eigenvalue weighted by atomic mass is 16.6. The van der Waals surface area contributed by atoms with Crippen LogP contribution in [0.5, 0.6) is 0 Å². The fourth-order valence-corrected chi connectivity index (χ4v) is 4.30. The Morgan fingerprint density at radius 1 is 1.16 bits per heavy atom. The Balaban J connectivity index is 1.44. The predicted octanol–water partition coefficient (Wildman–Crippen LogP) is 3.11. The van der Waals surface area contributed by atoms with Crippen molar-refractivity contribution in [1.29, 1.82) is 0 Å². The van der Waals surface area contributed by atoms with Gasteiger partial charge in [-0.1, -0.05) is 12.8 Å². The molecule has 0 radical (unpaired) electrons. The Bertz CT molecular complexity index is 921. The van der Waals surface area contributed by atoms with Crippen molar-refractivity contribution in [3.63, 3.8) is 0 Å². The fourth-order valence-electron chi connectivity index (χ4n) is 4.30. The van der Waals surface area contributed by atoms with E-state index in [9.17, 15) is 19.7 Å². The lowest BCUT2D eigenvalue weighted by Crippen LogP contribution is -2.52. The summed E-state index contributed by atoms with van der Waals surface area (Å²) in [6, 6.07) is 9.09. The zero-order valence-electron chi connectivity index (χ0n) is 17.1. The van der Waals surface area contributed by atoms with Crippen molar-refractivity contribution < 1.29 is 23.7 Å². The van der Waals surface area contributed by atoms with Gasteiger partial charge in [0.15, 0.2) is 5.76 Å². The number of hydrogen-bond donors (Lipinski definition) is 0. The van der Waals surface area contributed by atoms with Gasteiger partial charge in [-0.25, -0.2) is 0 Å². The molecule has 1 saturated heterocycles. The van der Waals surface area contributed by atoms with Gasteiger partial charge in [0.2, 0.25) is 0 Å². The van der Waals surface area contributed by atoms with E-state index in [1.165, 1.54) is 30.5 Å². The number of carbonyl (C=O) groups excluding carboxylic acids is 2. The molecule has 9 nitrogen and oxygen atoms in total. The number of nitro groups is 1. The maximum absolute atomic E-state index is 13.0. The highest BCUT2D eigenvalue weighted by Gasteiger charge is 2.33. The number of non-ortho nitro benzene ring substituents is 1. The third kappa shape index (κ3) is 4.77. The van der Waals surface area contributed by atoms with Crippen LogP contribution in [0.4, 0.5) is 5.69 Å². The van der Waals surface area contributed by atoms with Gasteiger partial charge < -0.3 is 19.0 Å². The maximum Gasteiger partial charge on any atom is 0.289 e. The molecule has 2 amide bonds. The minimum absolute atomic E-state index is 0.0555. The van der Waals surface area contributed by atoms with E-state index in [1.54, 1.807) is 17.0 Å². The number of nitro benzene ring substituents is 1. The molecule has 0 spiro atoms. The maximum atomic E-state index is 13.0. The molecule has 1 aromatic carbocycles. The first-order chi connectivity index (χ1) is 15.0. The van der Waals surface area contributed by atoms with Gasteiger partial charge in [-0.2, -0.15) is 0 Å². The molecule has 2 aliphatic rings. The topological polar surface area (TPSA) is 106 Å². The van der Waals surface area contributed by atoms with Crippen LogP contribution in [-0.4, -0.2) is 64.9 Å². The highest BCUT2D eigenvalue weighted by molar-refractivity contribution is 5.94. The summed E-state index contributed by atoms with van der Waals surface area (Å²) >= 11 is 0. The summed E-state index contributed by atoms with van der Waals surface area (Å²) in [5.41, 5.74) is 0.339. The van der Waals surface area contributed by atoms with Gasteiger partial charge >= 0.3 is 0 Å². The molecule has 1 aromatic heterocycles. The fraction of sp³-hybridized carbons (Fsp3) is 0.455. The van der Waals surface area contributed by atoms with E-state index in [1.807, 2.05) is 4.90 Å². The highest BCUT2D eigenvalue weighted by Crippen LogP contribution is 2.26. The summed E-state index contributed by atoms with van der Waals surface area (Å²) in [5, 5.41) is 10.8. The van der Waals surface area contributed by atoms with Gasteiger partial charge in [0.25, 0.3) is 17.5 Å². The minimum atomic E-state index is -0.493. The van der Waals surface area contributed by atoms with Crippen molar-refractivity contribution in [2.45, 2.75) is 37.8 Å². The standard InChI is InChI=1S/C22H25N3O6/c26-21(16-7-9-18(10-8-16)25(28)29)23-11-13-30-19(14-23)15-24(17-4-1-2-5-17)22(27)20-6-3-12-31-20/h3,6-10,12,17,19H,1-2,4-5,11,13-15H2. The largest absolute Gasteiger partial charge is 0.459 e. The number of nitrogens with zero attached hydrogens (tertiary/aromatic N) is 3. The second kappa shape index (κ2) is 9.30. The number of rotatable bonds is 6. The van der Waals surface area contributed by atoms with Crippen LogP contribution in [0.1, 0.15) is 46.6 Å². The van der Waals surface area contributed by atoms with Crippen molar-refractivity contribution >= 4 is 17.5 Å². The van der Waals surface area contributed by atoms with Crippen molar-refractivity contribution in [1.82, 2.24) is 9.80 Å². The van der Waals surface area contributed by atoms with Gasteiger partial charge in [-0.3, -0.25) is 19.7 Å². The minimum Gasteiger partial charge on any atom is -0.459 e. The lowest BCUT2D eigenvalue weighted by Gasteiger charge is -2.37. The number of carbonyl (C=O) groups is 2. The summed E-state index contributed by atoms with van der Waals surface area (Å²) in [5.74, 6) is -0.0474. The molecule has 9 heteroatoms. The van der Waals surface area contributed by atoms with Crippen LogP contribution in [0.15, 0.2) is 47.1 Å². The average Bonchev–Trinajstić information content (AvgIpc) is 3.51. The number of ether oxygens (including phenoxy) is 1. The van der Waals surface area contributed by atoms with Crippen LogP contribution in [0.3, 0.4) is 0 Å². The van der Waals surface area contributed by atoms with Gasteiger partial charge in [-0.05, 0) is 37.1 Å². The Kier molecular flexibility index (Phi) is 6.31. The predicted molar refractivity (Wildman–Crippen MR) is 111 cm³/mol. The molecule has 2 aromatic rings. The molecule has 1 aliphatic heterocycles. The molecule has 0 N–H and O–H groups in total. The van der Waals surface area contributed by atoms with Gasteiger partial charge in [-0.15, -0.1) is 0 Å². The molecule has 2 heterocycles. The Labute approximate surface area is 179 Å². The summed E-state index contributed by atoms with van der Waals surface area (Å²) in [6.45, 7) is 1.54. The van der Waals surface area contributed by atoms with Crippen LogP contribution < -0.4 is 0 Å². The summed E-state index contributed by atoms with van der Waals surface area (Å²) in [4.78, 5) is 39.8. The second-order valence-electron chi connectivity index (χ2n) is 7.92. The number of benzene rings is 1. The molecule has 1 unspecified atom stereocenters. The van der Waals surface area contributed by atoms with Crippen LogP contribution in [0, 0.1) is 10.1 Å². The number of amides is 2. The van der Waals surface area contributed by atoms with Crippen molar-refractivity contribution in [2.75, 3.05) is 26.2 Å². The smallest absolute Gasteiger partial charge is 0.289 e. The van der Waals surface area contributed by atoms with Gasteiger partial charge in [0.1, 0.15) is 0 Å². The van der Waals surface area contributed by atoms with Crippen LogP contribution in [0.2, 0.25) is 0 Å². The SMILES string of the molecule is O=C(c1ccc([N+](=O)[O-])cc1)N1CCOC(CN(C(=O)c2ccco2)C2CCCC2)C1. The molecular formula is C22H25N3O6. The van der Waals surface area contributed by atoms with Crippen LogP contribution in [0.25, 0.3) is 0 Å².